The molecule has 21 heavy (non-hydrogen) atoms. The third-order valence-corrected chi connectivity index (χ3v) is 4.56. The number of rotatable bonds is 8. The monoisotopic (exact) mass is 314 g/mol. The lowest BCUT2D eigenvalue weighted by Gasteiger charge is -2.15. The summed E-state index contributed by atoms with van der Waals surface area (Å²) in [4.78, 5) is 11.2. The van der Waals surface area contributed by atoms with Crippen LogP contribution in [0.1, 0.15) is 44.0 Å². The molecule has 1 aromatic carbocycles. The van der Waals surface area contributed by atoms with E-state index < -0.39 is 16.0 Å². The minimum absolute atomic E-state index is 0.0375. The number of sulfonamides is 1. The van der Waals surface area contributed by atoms with Crippen LogP contribution in [0.15, 0.2) is 23.1 Å². The molecule has 0 saturated heterocycles. The Morgan fingerprint density at radius 1 is 1.33 bits per heavy atom. The minimum Gasteiger partial charge on any atom is -0.478 e. The summed E-state index contributed by atoms with van der Waals surface area (Å²) < 4.78 is 27.0. The molecule has 0 aromatic heterocycles. The maximum Gasteiger partial charge on any atom is 0.337 e. The molecule has 0 fully saturated rings. The first-order chi connectivity index (χ1) is 9.81. The average molecular weight is 314 g/mol. The predicted octanol–water partition coefficient (Wildman–Crippen LogP) is 2.28. The number of carboxylic acid groups (broad SMARTS) is 1. The topological polar surface area (TPSA) is 95.5 Å². The molecule has 3 N–H and O–H groups in total. The number of carboxylic acids is 1. The highest BCUT2D eigenvalue weighted by Gasteiger charge is 2.20. The molecule has 0 saturated carbocycles. The molecule has 1 aromatic rings. The molecule has 0 bridgehead atoms. The molecule has 0 aliphatic heterocycles. The van der Waals surface area contributed by atoms with Gasteiger partial charge in [0, 0.05) is 18.3 Å². The van der Waals surface area contributed by atoms with Gasteiger partial charge >= 0.3 is 5.97 Å². The second kappa shape index (κ2) is 7.42. The van der Waals surface area contributed by atoms with E-state index in [2.05, 4.69) is 10.0 Å². The van der Waals surface area contributed by atoms with Crippen molar-refractivity contribution in [3.8, 4) is 0 Å². The van der Waals surface area contributed by atoms with Crippen molar-refractivity contribution in [2.75, 3.05) is 11.9 Å². The van der Waals surface area contributed by atoms with Crippen LogP contribution in [0.3, 0.4) is 0 Å². The quantitative estimate of drug-likeness (QED) is 0.684. The van der Waals surface area contributed by atoms with E-state index in [1.165, 1.54) is 18.2 Å². The van der Waals surface area contributed by atoms with Gasteiger partial charge in [0.15, 0.2) is 0 Å². The van der Waals surface area contributed by atoms with Gasteiger partial charge in [-0.05, 0) is 38.5 Å². The summed E-state index contributed by atoms with van der Waals surface area (Å²) in [5.41, 5.74) is 0.355. The molecular weight excluding hydrogens is 292 g/mol. The van der Waals surface area contributed by atoms with Gasteiger partial charge in [0.2, 0.25) is 10.0 Å². The van der Waals surface area contributed by atoms with Crippen LogP contribution in [0.5, 0.6) is 0 Å². The van der Waals surface area contributed by atoms with Gasteiger partial charge in [-0.15, -0.1) is 0 Å². The molecule has 0 radical (unpaired) electrons. The molecule has 118 valence electrons. The Labute approximate surface area is 125 Å². The summed E-state index contributed by atoms with van der Waals surface area (Å²) in [6, 6.07) is 3.88. The largest absolute Gasteiger partial charge is 0.478 e. The molecule has 7 heteroatoms. The van der Waals surface area contributed by atoms with Crippen LogP contribution < -0.4 is 10.0 Å². The Balaban J connectivity index is 3.13. The molecule has 0 aliphatic rings. The highest BCUT2D eigenvalue weighted by Crippen LogP contribution is 2.21. The standard InChI is InChI=1S/C14H22N2O4S/c1-4-6-10(3)16-21(19,20)11-7-8-13(15-5-2)12(9-11)14(17)18/h7-10,15-16H,4-6H2,1-3H3,(H,17,18). The lowest BCUT2D eigenvalue weighted by atomic mass is 10.2. The summed E-state index contributed by atoms with van der Waals surface area (Å²) in [7, 11) is -3.71. The number of benzene rings is 1. The Kier molecular flexibility index (Phi) is 6.17. The van der Waals surface area contributed by atoms with Gasteiger partial charge in [-0.2, -0.15) is 0 Å². The molecule has 0 heterocycles. The highest BCUT2D eigenvalue weighted by molar-refractivity contribution is 7.89. The number of aromatic carboxylic acids is 1. The predicted molar refractivity (Wildman–Crippen MR) is 82.3 cm³/mol. The van der Waals surface area contributed by atoms with Gasteiger partial charge in [0.1, 0.15) is 0 Å². The van der Waals surface area contributed by atoms with Crippen molar-refractivity contribution >= 4 is 21.7 Å². The van der Waals surface area contributed by atoms with Crippen LogP contribution in [0, 0.1) is 0 Å². The van der Waals surface area contributed by atoms with Gasteiger partial charge in [0.25, 0.3) is 0 Å². The second-order valence-corrected chi connectivity index (χ2v) is 6.57. The second-order valence-electron chi connectivity index (χ2n) is 4.85. The van der Waals surface area contributed by atoms with Crippen molar-refractivity contribution in [1.82, 2.24) is 4.72 Å². The van der Waals surface area contributed by atoms with E-state index in [-0.39, 0.29) is 16.5 Å². The Hall–Kier alpha value is -1.60. The number of carbonyl (C=O) groups is 1. The van der Waals surface area contributed by atoms with Crippen LogP contribution >= 0.6 is 0 Å². The fourth-order valence-electron chi connectivity index (χ4n) is 2.04. The van der Waals surface area contributed by atoms with Crippen molar-refractivity contribution in [3.05, 3.63) is 23.8 Å². The zero-order chi connectivity index (χ0) is 16.0. The molecule has 1 unspecified atom stereocenters. The van der Waals surface area contributed by atoms with Crippen molar-refractivity contribution in [1.29, 1.82) is 0 Å². The summed E-state index contributed by atoms with van der Waals surface area (Å²) >= 11 is 0. The van der Waals surface area contributed by atoms with Crippen LogP contribution in [0.2, 0.25) is 0 Å². The Morgan fingerprint density at radius 3 is 2.52 bits per heavy atom. The highest BCUT2D eigenvalue weighted by atomic mass is 32.2. The summed E-state index contributed by atoms with van der Waals surface area (Å²) in [5.74, 6) is -1.16. The van der Waals surface area contributed by atoms with Gasteiger partial charge in [-0.25, -0.2) is 17.9 Å². The lowest BCUT2D eigenvalue weighted by Crippen LogP contribution is -2.32. The van der Waals surface area contributed by atoms with E-state index in [1.54, 1.807) is 6.92 Å². The van der Waals surface area contributed by atoms with E-state index in [0.717, 1.165) is 12.8 Å². The molecule has 1 rings (SSSR count). The molecule has 0 aliphatic carbocycles. The van der Waals surface area contributed by atoms with Crippen LogP contribution in [0.4, 0.5) is 5.69 Å². The third-order valence-electron chi connectivity index (χ3n) is 2.98. The van der Waals surface area contributed by atoms with Gasteiger partial charge in [-0.1, -0.05) is 13.3 Å². The Morgan fingerprint density at radius 2 is 2.00 bits per heavy atom. The molecular formula is C14H22N2O4S. The fourth-order valence-corrected chi connectivity index (χ4v) is 3.34. The third kappa shape index (κ3) is 4.71. The number of nitrogens with one attached hydrogen (secondary N) is 2. The van der Waals surface area contributed by atoms with E-state index in [9.17, 15) is 18.3 Å². The fraction of sp³-hybridized carbons (Fsp3) is 0.500. The van der Waals surface area contributed by atoms with E-state index in [4.69, 9.17) is 0 Å². The summed E-state index contributed by atoms with van der Waals surface area (Å²) in [5, 5.41) is 12.1. The Bertz CT molecular complexity index is 599. The summed E-state index contributed by atoms with van der Waals surface area (Å²) in [6.45, 7) is 6.15. The van der Waals surface area contributed by atoms with Crippen molar-refractivity contribution in [2.24, 2.45) is 0 Å². The zero-order valence-electron chi connectivity index (χ0n) is 12.5. The first-order valence-electron chi connectivity index (χ1n) is 6.95. The SMILES string of the molecule is CCCC(C)NS(=O)(=O)c1ccc(NCC)c(C(=O)O)c1. The first-order valence-corrected chi connectivity index (χ1v) is 8.43. The van der Waals surface area contributed by atoms with Crippen LogP contribution in [-0.2, 0) is 10.0 Å². The number of hydrogen-bond donors (Lipinski definition) is 3. The van der Waals surface area contributed by atoms with E-state index in [1.807, 2.05) is 13.8 Å². The van der Waals surface area contributed by atoms with Crippen molar-refractivity contribution in [3.63, 3.8) is 0 Å². The van der Waals surface area contributed by atoms with Crippen molar-refractivity contribution in [2.45, 2.75) is 44.6 Å². The molecule has 0 spiro atoms. The smallest absolute Gasteiger partial charge is 0.337 e. The molecule has 0 amide bonds. The van der Waals surface area contributed by atoms with Gasteiger partial charge in [0.05, 0.1) is 10.5 Å². The molecule has 6 nitrogen and oxygen atoms in total. The van der Waals surface area contributed by atoms with Gasteiger partial charge in [-0.3, -0.25) is 0 Å². The maximum absolute atomic E-state index is 12.2. The van der Waals surface area contributed by atoms with Crippen molar-refractivity contribution < 1.29 is 18.3 Å². The van der Waals surface area contributed by atoms with Crippen LogP contribution in [-0.4, -0.2) is 32.1 Å². The first kappa shape index (κ1) is 17.5. The maximum atomic E-state index is 12.2. The van der Waals surface area contributed by atoms with Crippen LogP contribution in [0.25, 0.3) is 0 Å². The number of hydrogen-bond acceptors (Lipinski definition) is 4. The summed E-state index contributed by atoms with van der Waals surface area (Å²) in [6.07, 6.45) is 1.59. The number of anilines is 1. The normalized spacial score (nSPS) is 12.9. The van der Waals surface area contributed by atoms with Gasteiger partial charge < -0.3 is 10.4 Å². The lowest BCUT2D eigenvalue weighted by molar-refractivity contribution is 0.0697. The van der Waals surface area contributed by atoms with E-state index >= 15 is 0 Å². The minimum atomic E-state index is -3.71. The molecule has 1 atom stereocenters. The average Bonchev–Trinajstić information content (AvgIpc) is 2.38. The zero-order valence-corrected chi connectivity index (χ0v) is 13.3. The van der Waals surface area contributed by atoms with E-state index in [0.29, 0.717) is 12.2 Å².